The van der Waals surface area contributed by atoms with Gasteiger partial charge in [-0.3, -0.25) is 10.1 Å². The van der Waals surface area contributed by atoms with Gasteiger partial charge >= 0.3 is 0 Å². The van der Waals surface area contributed by atoms with Crippen LogP contribution in [0.25, 0.3) is 0 Å². The molecule has 0 bridgehead atoms. The molecule has 0 aliphatic rings. The minimum absolute atomic E-state index is 0.0634. The van der Waals surface area contributed by atoms with Crippen LogP contribution >= 0.6 is 0 Å². The average Bonchev–Trinajstić information content (AvgIpc) is 2.24. The third kappa shape index (κ3) is 3.92. The monoisotopic (exact) mass is 239 g/mol. The molecular weight excluding hydrogens is 222 g/mol. The number of rotatable bonds is 5. The van der Waals surface area contributed by atoms with Crippen LogP contribution in [-0.4, -0.2) is 22.7 Å². The van der Waals surface area contributed by atoms with Gasteiger partial charge in [-0.05, 0) is 12.0 Å². The quantitative estimate of drug-likeness (QED) is 0.411. The van der Waals surface area contributed by atoms with E-state index in [2.05, 4.69) is 5.32 Å². The number of nitro benzene ring substituents is 1. The number of nitro groups is 1. The van der Waals surface area contributed by atoms with Crippen LogP contribution in [-0.2, 0) is 0 Å². The molecule has 0 amide bonds. The Labute approximate surface area is 99.6 Å². The number of hydrogen-bond donors (Lipinski definition) is 3. The Morgan fingerprint density at radius 2 is 2.12 bits per heavy atom. The van der Waals surface area contributed by atoms with Crippen molar-refractivity contribution < 1.29 is 10.0 Å². The third-order valence-corrected chi connectivity index (χ3v) is 2.44. The minimum atomic E-state index is -0.504. The summed E-state index contributed by atoms with van der Waals surface area (Å²) in [4.78, 5) is 10.1. The zero-order chi connectivity index (χ0) is 13.0. The van der Waals surface area contributed by atoms with Gasteiger partial charge in [0.25, 0.3) is 5.69 Å². The van der Waals surface area contributed by atoms with Crippen molar-refractivity contribution in [2.45, 2.75) is 20.0 Å². The van der Waals surface area contributed by atoms with E-state index in [0.717, 1.165) is 0 Å². The first-order chi connectivity index (χ1) is 7.90. The predicted molar refractivity (Wildman–Crippen MR) is 66.8 cm³/mol. The van der Waals surface area contributed by atoms with E-state index in [1.54, 1.807) is 6.07 Å². The van der Waals surface area contributed by atoms with Crippen LogP contribution < -0.4 is 11.1 Å². The third-order valence-electron chi connectivity index (χ3n) is 2.44. The Morgan fingerprint density at radius 1 is 1.47 bits per heavy atom. The number of aliphatic hydroxyl groups is 1. The van der Waals surface area contributed by atoms with Crippen LogP contribution in [0.2, 0.25) is 0 Å². The lowest BCUT2D eigenvalue weighted by atomic mass is 10.1. The summed E-state index contributed by atoms with van der Waals surface area (Å²) in [6.45, 7) is 4.13. The topological polar surface area (TPSA) is 101 Å². The second-order valence-electron chi connectivity index (χ2n) is 4.26. The van der Waals surface area contributed by atoms with Gasteiger partial charge in [0.1, 0.15) is 0 Å². The molecule has 6 nitrogen and oxygen atoms in total. The first-order valence-corrected chi connectivity index (χ1v) is 5.37. The van der Waals surface area contributed by atoms with Crippen molar-refractivity contribution in [3.05, 3.63) is 28.3 Å². The molecule has 1 aromatic rings. The zero-order valence-electron chi connectivity index (χ0n) is 9.88. The maximum Gasteiger partial charge on any atom is 0.273 e. The summed E-state index contributed by atoms with van der Waals surface area (Å²) < 4.78 is 0. The normalized spacial score (nSPS) is 12.5. The summed E-state index contributed by atoms with van der Waals surface area (Å²) >= 11 is 0. The van der Waals surface area contributed by atoms with Crippen molar-refractivity contribution in [1.82, 2.24) is 0 Å². The van der Waals surface area contributed by atoms with Crippen LogP contribution in [0, 0.1) is 16.0 Å². The summed E-state index contributed by atoms with van der Waals surface area (Å²) in [5.74, 6) is 0.124. The van der Waals surface area contributed by atoms with Gasteiger partial charge in [-0.1, -0.05) is 13.8 Å². The highest BCUT2D eigenvalue weighted by Gasteiger charge is 2.11. The maximum absolute atomic E-state index is 10.6. The van der Waals surface area contributed by atoms with Crippen molar-refractivity contribution >= 4 is 17.1 Å². The van der Waals surface area contributed by atoms with Crippen molar-refractivity contribution in [3.63, 3.8) is 0 Å². The highest BCUT2D eigenvalue weighted by Crippen LogP contribution is 2.22. The number of nitrogens with two attached hydrogens (primary N) is 1. The number of benzene rings is 1. The molecule has 1 rings (SSSR count). The second-order valence-corrected chi connectivity index (χ2v) is 4.26. The molecule has 0 fully saturated rings. The number of nitrogens with one attached hydrogen (secondary N) is 1. The molecule has 0 heterocycles. The summed E-state index contributed by atoms with van der Waals surface area (Å²) in [6.07, 6.45) is -0.504. The van der Waals surface area contributed by atoms with Crippen LogP contribution in [0.4, 0.5) is 17.1 Å². The molecule has 0 aliphatic heterocycles. The highest BCUT2D eigenvalue weighted by molar-refractivity contribution is 5.61. The number of nitrogens with zero attached hydrogens (tertiary/aromatic N) is 1. The van der Waals surface area contributed by atoms with E-state index in [1.165, 1.54) is 12.1 Å². The van der Waals surface area contributed by atoms with Gasteiger partial charge in [0, 0.05) is 30.1 Å². The fourth-order valence-corrected chi connectivity index (χ4v) is 1.30. The fraction of sp³-hybridized carbons (Fsp3) is 0.455. The maximum atomic E-state index is 10.6. The Bertz CT molecular complexity index is 407. The minimum Gasteiger partial charge on any atom is -0.398 e. The molecule has 94 valence electrons. The number of nitrogen functional groups attached to an aromatic ring is 1. The van der Waals surface area contributed by atoms with Crippen LogP contribution in [0.3, 0.4) is 0 Å². The molecule has 0 aromatic heterocycles. The van der Waals surface area contributed by atoms with Crippen molar-refractivity contribution in [2.24, 2.45) is 5.92 Å². The van der Waals surface area contributed by atoms with Crippen LogP contribution in [0.1, 0.15) is 13.8 Å². The Kier molecular flexibility index (Phi) is 4.28. The van der Waals surface area contributed by atoms with E-state index in [0.29, 0.717) is 17.9 Å². The van der Waals surface area contributed by atoms with Gasteiger partial charge in [0.2, 0.25) is 0 Å². The molecular formula is C11H17N3O3. The lowest BCUT2D eigenvalue weighted by Crippen LogP contribution is -2.24. The second kappa shape index (κ2) is 5.49. The summed E-state index contributed by atoms with van der Waals surface area (Å²) in [7, 11) is 0. The Balaban J connectivity index is 2.74. The molecule has 4 N–H and O–H groups in total. The number of anilines is 2. The zero-order valence-corrected chi connectivity index (χ0v) is 9.88. The molecule has 1 aromatic carbocycles. The molecule has 0 radical (unpaired) electrons. The number of aliphatic hydroxyl groups excluding tert-OH is 1. The largest absolute Gasteiger partial charge is 0.398 e. The first-order valence-electron chi connectivity index (χ1n) is 5.37. The van der Waals surface area contributed by atoms with E-state index < -0.39 is 11.0 Å². The molecule has 17 heavy (non-hydrogen) atoms. The van der Waals surface area contributed by atoms with Gasteiger partial charge in [-0.2, -0.15) is 0 Å². The highest BCUT2D eigenvalue weighted by atomic mass is 16.6. The van der Waals surface area contributed by atoms with Gasteiger partial charge < -0.3 is 16.2 Å². The Morgan fingerprint density at radius 3 is 2.65 bits per heavy atom. The number of non-ortho nitro benzene ring substituents is 1. The molecule has 0 saturated heterocycles. The smallest absolute Gasteiger partial charge is 0.273 e. The summed E-state index contributed by atoms with van der Waals surface area (Å²) in [5.41, 5.74) is 6.35. The molecule has 1 atom stereocenters. The lowest BCUT2D eigenvalue weighted by Gasteiger charge is -2.16. The summed E-state index contributed by atoms with van der Waals surface area (Å²) in [5, 5.41) is 23.2. The van der Waals surface area contributed by atoms with Gasteiger partial charge in [0.15, 0.2) is 0 Å². The van der Waals surface area contributed by atoms with E-state index >= 15 is 0 Å². The van der Waals surface area contributed by atoms with E-state index in [-0.39, 0.29) is 11.6 Å². The van der Waals surface area contributed by atoms with Crippen LogP contribution in [0.15, 0.2) is 18.2 Å². The molecule has 0 saturated carbocycles. The number of hydrogen-bond acceptors (Lipinski definition) is 5. The summed E-state index contributed by atoms with van der Waals surface area (Å²) in [6, 6.07) is 4.29. The molecule has 0 spiro atoms. The molecule has 0 aliphatic carbocycles. The van der Waals surface area contributed by atoms with E-state index in [4.69, 9.17) is 5.73 Å². The average molecular weight is 239 g/mol. The van der Waals surface area contributed by atoms with Crippen LogP contribution in [0.5, 0.6) is 0 Å². The first kappa shape index (κ1) is 13.2. The lowest BCUT2D eigenvalue weighted by molar-refractivity contribution is -0.384. The van der Waals surface area contributed by atoms with E-state index in [9.17, 15) is 15.2 Å². The van der Waals surface area contributed by atoms with Crippen molar-refractivity contribution in [3.8, 4) is 0 Å². The van der Waals surface area contributed by atoms with E-state index in [1.807, 2.05) is 13.8 Å². The fourth-order valence-electron chi connectivity index (χ4n) is 1.30. The van der Waals surface area contributed by atoms with Gasteiger partial charge in [0.05, 0.1) is 11.0 Å². The predicted octanol–water partition coefficient (Wildman–Crippen LogP) is 1.61. The standard InChI is InChI=1S/C11H17N3O3/c1-7(2)11(15)6-13-9-3-8(12)4-10(5-9)14(16)17/h3-5,7,11,13,15H,6,12H2,1-2H3. The molecule has 1 unspecified atom stereocenters. The van der Waals surface area contributed by atoms with Crippen molar-refractivity contribution in [1.29, 1.82) is 0 Å². The van der Waals surface area contributed by atoms with Gasteiger partial charge in [-0.25, -0.2) is 0 Å². The van der Waals surface area contributed by atoms with Gasteiger partial charge in [-0.15, -0.1) is 0 Å². The SMILES string of the molecule is CC(C)C(O)CNc1cc(N)cc([N+](=O)[O-])c1. The molecule has 6 heteroatoms. The van der Waals surface area contributed by atoms with Crippen molar-refractivity contribution in [2.75, 3.05) is 17.6 Å². The Hall–Kier alpha value is -1.82.